The van der Waals surface area contributed by atoms with Gasteiger partial charge in [0.05, 0.1) is 60.5 Å². The summed E-state index contributed by atoms with van der Waals surface area (Å²) in [6, 6.07) is 37.8. The maximum absolute atomic E-state index is 16.2. The van der Waals surface area contributed by atoms with Gasteiger partial charge in [-0.1, -0.05) is 60.7 Å². The van der Waals surface area contributed by atoms with E-state index in [1.807, 2.05) is 0 Å². The molecule has 0 aliphatic carbocycles. The first-order valence-corrected chi connectivity index (χ1v) is 32.5. The molecule has 512 valence electrons. The molecule has 15 rings (SSSR count). The first-order chi connectivity index (χ1) is 49.5. The van der Waals surface area contributed by atoms with E-state index in [4.69, 9.17) is 37.9 Å². The molecule has 4 atom stereocenters. The van der Waals surface area contributed by atoms with E-state index in [1.165, 1.54) is 72.8 Å². The van der Waals surface area contributed by atoms with Crippen molar-refractivity contribution in [2.24, 2.45) is 0 Å². The van der Waals surface area contributed by atoms with Gasteiger partial charge < -0.3 is 48.5 Å². The number of halogens is 4. The summed E-state index contributed by atoms with van der Waals surface area (Å²) >= 11 is 0. The van der Waals surface area contributed by atoms with Gasteiger partial charge in [-0.3, -0.25) is 38.6 Å². The fourth-order valence-corrected chi connectivity index (χ4v) is 12.9. The van der Waals surface area contributed by atoms with Crippen molar-refractivity contribution >= 4 is 90.5 Å². The highest BCUT2D eigenvalue weighted by atomic mass is 19.1. The normalized spacial score (nSPS) is 15.7. The Bertz CT molecular complexity index is 4650. The second-order valence-electron chi connectivity index (χ2n) is 24.6. The lowest BCUT2D eigenvalue weighted by Gasteiger charge is -2.35. The van der Waals surface area contributed by atoms with E-state index < -0.39 is 95.9 Å². The first kappa shape index (κ1) is 65.6. The number of epoxide rings is 2. The van der Waals surface area contributed by atoms with Gasteiger partial charge >= 0.3 is 11.9 Å². The van der Waals surface area contributed by atoms with Gasteiger partial charge in [0.1, 0.15) is 94.6 Å². The van der Waals surface area contributed by atoms with Crippen molar-refractivity contribution < 1.29 is 93.8 Å². The average molecular weight is 1380 g/mol. The predicted molar refractivity (Wildman–Crippen MR) is 359 cm³/mol. The van der Waals surface area contributed by atoms with E-state index in [1.54, 1.807) is 60.7 Å². The lowest BCUT2D eigenvalue weighted by Crippen LogP contribution is -2.52. The standard InChI is InChI=1S/C78H56F4N4O16/c79-43-11-19-47(20-12-43)99-59-33-53-65-54(74(90)85(73(53)89)57(31-41-7-3-1-4-8-41)77(93)95-29-27-63(87)83-37-51-39-97-51)34-60(100-48-21-13-44(80)14-22-48)68-70-62(102-50-25-17-46(82)18-26-50)36-56-66-55(35-61(69(72(66)70)67(59)71(65)68)101-49-23-15-45(81)16-24-49)75(91)86(76(56)92)58(32-42-9-5-2-6-10-42)78(94)96-30-28-64(88)84-38-52-40-98-52/h1-26,33-36,51-52,57-58H,27-32,37-40H2,(H,83,87)(H,84,88). The Balaban J connectivity index is 1.01. The average Bonchev–Trinajstić information content (AvgIpc) is 0.712. The highest BCUT2D eigenvalue weighted by molar-refractivity contribution is 6.45. The van der Waals surface area contributed by atoms with Crippen LogP contribution in [-0.2, 0) is 51.0 Å². The number of esters is 2. The third-order valence-corrected chi connectivity index (χ3v) is 17.8. The van der Waals surface area contributed by atoms with Crippen molar-refractivity contribution in [2.45, 2.75) is 50.0 Å². The maximum Gasteiger partial charge on any atom is 0.329 e. The Morgan fingerprint density at radius 1 is 0.392 bits per heavy atom. The molecule has 0 bridgehead atoms. The van der Waals surface area contributed by atoms with Gasteiger partial charge in [0.15, 0.2) is 0 Å². The van der Waals surface area contributed by atoms with Crippen LogP contribution in [0.5, 0.6) is 46.0 Å². The molecule has 11 aromatic rings. The number of rotatable bonds is 26. The van der Waals surface area contributed by atoms with Gasteiger partial charge in [0.2, 0.25) is 11.8 Å². The van der Waals surface area contributed by atoms with E-state index in [2.05, 4.69) is 10.6 Å². The van der Waals surface area contributed by atoms with Crippen molar-refractivity contribution in [1.29, 1.82) is 0 Å². The largest absolute Gasteiger partial charge is 0.464 e. The van der Waals surface area contributed by atoms with E-state index in [0.717, 1.165) is 58.3 Å². The van der Waals surface area contributed by atoms with Crippen LogP contribution in [0.15, 0.2) is 182 Å². The van der Waals surface area contributed by atoms with Crippen LogP contribution in [0.4, 0.5) is 17.6 Å². The minimum Gasteiger partial charge on any atom is -0.464 e. The number of carbonyl (C=O) groups excluding carboxylic acids is 8. The van der Waals surface area contributed by atoms with Crippen LogP contribution in [0, 0.1) is 23.3 Å². The van der Waals surface area contributed by atoms with Crippen LogP contribution in [0.1, 0.15) is 65.4 Å². The zero-order chi connectivity index (χ0) is 70.4. The van der Waals surface area contributed by atoms with Crippen molar-refractivity contribution in [3.63, 3.8) is 0 Å². The highest BCUT2D eigenvalue weighted by Crippen LogP contribution is 2.58. The molecular weight excluding hydrogens is 1320 g/mol. The van der Waals surface area contributed by atoms with Crippen LogP contribution in [0.2, 0.25) is 0 Å². The molecule has 4 unspecified atom stereocenters. The quantitative estimate of drug-likeness (QED) is 0.0128. The molecule has 0 saturated carbocycles. The molecule has 2 fully saturated rings. The number of fused-ring (bicyclic) bond motifs is 2. The van der Waals surface area contributed by atoms with Crippen molar-refractivity contribution in [2.75, 3.05) is 39.5 Å². The monoisotopic (exact) mass is 1380 g/mol. The summed E-state index contributed by atoms with van der Waals surface area (Å²) in [4.78, 5) is 122. The Morgan fingerprint density at radius 2 is 0.667 bits per heavy atom. The Labute approximate surface area is 576 Å². The topological polar surface area (TPSA) is 248 Å². The lowest BCUT2D eigenvalue weighted by atomic mass is 9.80. The number of carbonyl (C=O) groups is 8. The second kappa shape index (κ2) is 27.4. The summed E-state index contributed by atoms with van der Waals surface area (Å²) in [5.41, 5.74) is -0.120. The minimum atomic E-state index is -1.74. The Kier molecular flexibility index (Phi) is 17.7. The van der Waals surface area contributed by atoms with Crippen LogP contribution >= 0.6 is 0 Å². The SMILES string of the molecule is O=C(CCOC(=O)C(Cc1ccccc1)N1C(=O)c2cc(Oc3ccc(F)cc3)c3c4c(Oc5ccc(F)cc5)cc5c6c(cc(Oc7ccc(F)cc7)c(c7c(Oc8ccc(F)cc8)cc(c2c37)C1=O)c64)C(=O)N(C(Cc1ccccc1)C(=O)OCCC(=O)NCC1CO1)C5=O)NCC1CO1. The summed E-state index contributed by atoms with van der Waals surface area (Å²) in [5.74, 6) is -11.0. The van der Waals surface area contributed by atoms with Crippen molar-refractivity contribution in [3.05, 3.63) is 239 Å². The van der Waals surface area contributed by atoms with Gasteiger partial charge in [-0.05, 0) is 132 Å². The van der Waals surface area contributed by atoms with Crippen LogP contribution < -0.4 is 29.6 Å². The molecule has 6 amide bonds. The number of hydrogen-bond donors (Lipinski definition) is 2. The molecule has 4 aliphatic heterocycles. The molecule has 4 aliphatic rings. The molecule has 102 heavy (non-hydrogen) atoms. The predicted octanol–water partition coefficient (Wildman–Crippen LogP) is 12.8. The molecule has 0 radical (unpaired) electrons. The summed E-state index contributed by atoms with van der Waals surface area (Å²) in [6.45, 7) is 0.496. The minimum absolute atomic E-state index is 0.0317. The summed E-state index contributed by atoms with van der Waals surface area (Å²) in [6.07, 6.45) is -1.47. The third-order valence-electron chi connectivity index (χ3n) is 17.8. The molecule has 20 nitrogen and oxygen atoms in total. The number of ether oxygens (including phenoxy) is 8. The molecule has 0 aromatic heterocycles. The molecule has 0 spiro atoms. The maximum atomic E-state index is 16.2. The zero-order valence-corrected chi connectivity index (χ0v) is 53.6. The molecule has 2 saturated heterocycles. The molecule has 24 heteroatoms. The number of amides is 6. The van der Waals surface area contributed by atoms with Crippen LogP contribution in [-0.4, -0.2) is 121 Å². The number of benzene rings is 11. The summed E-state index contributed by atoms with van der Waals surface area (Å²) in [7, 11) is 0. The smallest absolute Gasteiger partial charge is 0.329 e. The second-order valence-corrected chi connectivity index (χ2v) is 24.6. The van der Waals surface area contributed by atoms with Gasteiger partial charge in [-0.15, -0.1) is 0 Å². The molecule has 11 aromatic carbocycles. The van der Waals surface area contributed by atoms with Gasteiger partial charge in [-0.2, -0.15) is 0 Å². The van der Waals surface area contributed by atoms with Crippen molar-refractivity contribution in [1.82, 2.24) is 20.4 Å². The van der Waals surface area contributed by atoms with E-state index in [-0.39, 0.29) is 162 Å². The highest BCUT2D eigenvalue weighted by Gasteiger charge is 2.47. The number of imide groups is 2. The molecule has 2 N–H and O–H groups in total. The first-order valence-electron chi connectivity index (χ1n) is 32.5. The van der Waals surface area contributed by atoms with Crippen LogP contribution in [0.3, 0.4) is 0 Å². The van der Waals surface area contributed by atoms with E-state index in [0.29, 0.717) is 24.3 Å². The number of nitrogens with zero attached hydrogens (tertiary/aromatic N) is 2. The molecule has 4 heterocycles. The fourth-order valence-electron chi connectivity index (χ4n) is 12.9. The van der Waals surface area contributed by atoms with E-state index >= 15 is 36.7 Å². The van der Waals surface area contributed by atoms with E-state index in [9.17, 15) is 19.2 Å². The Hall–Kier alpha value is -12.3. The third kappa shape index (κ3) is 13.2. The lowest BCUT2D eigenvalue weighted by molar-refractivity contribution is -0.150. The number of hydrogen-bond acceptors (Lipinski definition) is 16. The Morgan fingerprint density at radius 3 is 0.931 bits per heavy atom. The van der Waals surface area contributed by atoms with Gasteiger partial charge in [0.25, 0.3) is 23.6 Å². The molecular formula is C78H56F4N4O16. The van der Waals surface area contributed by atoms with Crippen molar-refractivity contribution in [3.8, 4) is 46.0 Å². The fraction of sp³-hybridized carbons (Fsp3) is 0.179. The van der Waals surface area contributed by atoms with Crippen LogP contribution in [0.25, 0.3) is 43.1 Å². The zero-order valence-electron chi connectivity index (χ0n) is 53.6. The summed E-state index contributed by atoms with van der Waals surface area (Å²) in [5, 5.41) is 5.00. The number of nitrogens with one attached hydrogen (secondary N) is 2. The summed E-state index contributed by atoms with van der Waals surface area (Å²) < 4.78 is 110. The van der Waals surface area contributed by atoms with Gasteiger partial charge in [0, 0.05) is 69.0 Å². The van der Waals surface area contributed by atoms with Gasteiger partial charge in [-0.25, -0.2) is 27.2 Å².